The van der Waals surface area contributed by atoms with Crippen LogP contribution in [0.2, 0.25) is 0 Å². The minimum atomic E-state index is 0.216. The van der Waals surface area contributed by atoms with Crippen molar-refractivity contribution in [3.05, 3.63) is 48.6 Å². The van der Waals surface area contributed by atoms with E-state index >= 15 is 0 Å². The lowest BCUT2D eigenvalue weighted by Crippen LogP contribution is -2.05. The lowest BCUT2D eigenvalue weighted by molar-refractivity contribution is 0.721. The molecule has 0 aromatic rings. The zero-order valence-corrected chi connectivity index (χ0v) is 7.77. The summed E-state index contributed by atoms with van der Waals surface area (Å²) in [6, 6.07) is 0. The van der Waals surface area contributed by atoms with Gasteiger partial charge in [-0.3, -0.25) is 0 Å². The molecule has 0 aromatic heterocycles. The first-order chi connectivity index (χ1) is 6.97. The van der Waals surface area contributed by atoms with E-state index in [9.17, 15) is 0 Å². The Morgan fingerprint density at radius 3 is 1.64 bits per heavy atom. The Morgan fingerprint density at radius 2 is 1.14 bits per heavy atom. The summed E-state index contributed by atoms with van der Waals surface area (Å²) in [7, 11) is 0. The molecule has 0 aliphatic heterocycles. The van der Waals surface area contributed by atoms with Gasteiger partial charge in [0.25, 0.3) is 0 Å². The standard InChI is InChI=1S/C14H10/c1-2-6-10-13(9-5-1)14-11-7-3-4-8-12-14/h1-5,7,9,11,13-14H/t13-,14-/m1/s1. The van der Waals surface area contributed by atoms with Crippen LogP contribution >= 0.6 is 0 Å². The molecule has 2 aliphatic carbocycles. The van der Waals surface area contributed by atoms with E-state index in [1.54, 1.807) is 0 Å². The fourth-order valence-corrected chi connectivity index (χ4v) is 1.38. The molecule has 0 bridgehead atoms. The van der Waals surface area contributed by atoms with Crippen molar-refractivity contribution in [2.75, 3.05) is 0 Å². The molecule has 0 heteroatoms. The van der Waals surface area contributed by atoms with Crippen LogP contribution < -0.4 is 0 Å². The molecule has 14 heavy (non-hydrogen) atoms. The molecule has 0 saturated heterocycles. The molecule has 0 amide bonds. The molecule has 0 radical (unpaired) electrons. The van der Waals surface area contributed by atoms with Crippen LogP contribution in [-0.2, 0) is 0 Å². The summed E-state index contributed by atoms with van der Waals surface area (Å²) in [5.74, 6) is 12.8. The highest BCUT2D eigenvalue weighted by Crippen LogP contribution is 2.16. The average molecular weight is 178 g/mol. The van der Waals surface area contributed by atoms with E-state index in [0.29, 0.717) is 0 Å². The maximum Gasteiger partial charge on any atom is 0.0562 e. The van der Waals surface area contributed by atoms with Crippen LogP contribution in [0.3, 0.4) is 0 Å². The number of hydrogen-bond acceptors (Lipinski definition) is 0. The SMILES string of the molecule is C1#C[C@H]([C@H]2C#CC=CC=C2)C=CC=C1. The van der Waals surface area contributed by atoms with Crippen molar-refractivity contribution in [2.45, 2.75) is 0 Å². The highest BCUT2D eigenvalue weighted by Gasteiger charge is 2.11. The van der Waals surface area contributed by atoms with E-state index in [2.05, 4.69) is 35.8 Å². The van der Waals surface area contributed by atoms with E-state index in [1.807, 2.05) is 36.5 Å². The molecule has 0 N–H and O–H groups in total. The van der Waals surface area contributed by atoms with Gasteiger partial charge in [0, 0.05) is 0 Å². The molecule has 0 fully saturated rings. The first kappa shape index (κ1) is 8.67. The second-order valence-electron chi connectivity index (χ2n) is 3.12. The lowest BCUT2D eigenvalue weighted by Gasteiger charge is -2.08. The molecule has 0 heterocycles. The van der Waals surface area contributed by atoms with Gasteiger partial charge < -0.3 is 0 Å². The molecule has 0 saturated carbocycles. The fourth-order valence-electron chi connectivity index (χ4n) is 1.38. The third-order valence-corrected chi connectivity index (χ3v) is 2.11. The van der Waals surface area contributed by atoms with Gasteiger partial charge in [0.15, 0.2) is 0 Å². The molecule has 0 spiro atoms. The maximum atomic E-state index is 3.17. The van der Waals surface area contributed by atoms with Crippen molar-refractivity contribution in [1.82, 2.24) is 0 Å². The number of rotatable bonds is 1. The second kappa shape index (κ2) is 4.35. The van der Waals surface area contributed by atoms with Crippen LogP contribution in [0.25, 0.3) is 0 Å². The van der Waals surface area contributed by atoms with Gasteiger partial charge in [-0.15, -0.1) is 0 Å². The molecule has 2 atom stereocenters. The Morgan fingerprint density at radius 1 is 0.643 bits per heavy atom. The molecule has 2 rings (SSSR count). The average Bonchev–Trinajstić information content (AvgIpc) is 2.62. The van der Waals surface area contributed by atoms with Gasteiger partial charge in [-0.05, 0) is 12.2 Å². The summed E-state index contributed by atoms with van der Waals surface area (Å²) in [5, 5.41) is 0. The fraction of sp³-hybridized carbons (Fsp3) is 0.143. The quantitative estimate of drug-likeness (QED) is 0.541. The summed E-state index contributed by atoms with van der Waals surface area (Å²) in [4.78, 5) is 0. The Bertz CT molecular complexity index is 392. The summed E-state index contributed by atoms with van der Waals surface area (Å²) >= 11 is 0. The first-order valence-electron chi connectivity index (χ1n) is 4.65. The zero-order valence-electron chi connectivity index (χ0n) is 7.77. The predicted octanol–water partition coefficient (Wildman–Crippen LogP) is 2.48. The van der Waals surface area contributed by atoms with Crippen LogP contribution in [0.15, 0.2) is 48.6 Å². The molecule has 0 nitrogen and oxygen atoms in total. The zero-order chi connectivity index (χ0) is 9.64. The van der Waals surface area contributed by atoms with E-state index in [1.165, 1.54) is 0 Å². The highest BCUT2D eigenvalue weighted by atomic mass is 14.1. The Balaban J connectivity index is 2.20. The second-order valence-corrected chi connectivity index (χ2v) is 3.12. The largest absolute Gasteiger partial charge is 0.0893 e. The van der Waals surface area contributed by atoms with Crippen LogP contribution in [0.1, 0.15) is 0 Å². The summed E-state index contributed by atoms with van der Waals surface area (Å²) in [6.07, 6.45) is 15.9. The molecular formula is C14H10. The third kappa shape index (κ3) is 2.06. The van der Waals surface area contributed by atoms with Gasteiger partial charge in [0.05, 0.1) is 11.8 Å². The topological polar surface area (TPSA) is 0 Å². The molecule has 0 aromatic carbocycles. The molecule has 66 valence electrons. The van der Waals surface area contributed by atoms with Crippen LogP contribution in [0.5, 0.6) is 0 Å². The lowest BCUT2D eigenvalue weighted by atomic mass is 9.93. The van der Waals surface area contributed by atoms with E-state index in [0.717, 1.165) is 0 Å². The molecular weight excluding hydrogens is 168 g/mol. The van der Waals surface area contributed by atoms with Gasteiger partial charge in [-0.25, -0.2) is 0 Å². The number of hydrogen-bond donors (Lipinski definition) is 0. The first-order valence-corrected chi connectivity index (χ1v) is 4.65. The predicted molar refractivity (Wildman–Crippen MR) is 59.1 cm³/mol. The minimum Gasteiger partial charge on any atom is -0.0893 e. The Labute approximate surface area is 84.7 Å². The van der Waals surface area contributed by atoms with E-state index < -0.39 is 0 Å². The smallest absolute Gasteiger partial charge is 0.0562 e. The van der Waals surface area contributed by atoms with Crippen molar-refractivity contribution in [2.24, 2.45) is 11.8 Å². The van der Waals surface area contributed by atoms with Gasteiger partial charge in [-0.1, -0.05) is 60.1 Å². The van der Waals surface area contributed by atoms with Crippen LogP contribution in [-0.4, -0.2) is 0 Å². The van der Waals surface area contributed by atoms with Gasteiger partial charge in [0.1, 0.15) is 0 Å². The van der Waals surface area contributed by atoms with E-state index in [-0.39, 0.29) is 11.8 Å². The summed E-state index contributed by atoms with van der Waals surface area (Å²) in [6.45, 7) is 0. The Hall–Kier alpha value is -1.92. The van der Waals surface area contributed by atoms with Crippen molar-refractivity contribution in [3.63, 3.8) is 0 Å². The normalized spacial score (nSPS) is 26.9. The molecule has 2 aliphatic rings. The maximum absolute atomic E-state index is 3.17. The summed E-state index contributed by atoms with van der Waals surface area (Å²) < 4.78 is 0. The van der Waals surface area contributed by atoms with Gasteiger partial charge in [-0.2, -0.15) is 0 Å². The van der Waals surface area contributed by atoms with Gasteiger partial charge in [0.2, 0.25) is 0 Å². The summed E-state index contributed by atoms with van der Waals surface area (Å²) in [5.41, 5.74) is 0. The van der Waals surface area contributed by atoms with Crippen molar-refractivity contribution < 1.29 is 0 Å². The third-order valence-electron chi connectivity index (χ3n) is 2.11. The minimum absolute atomic E-state index is 0.216. The van der Waals surface area contributed by atoms with Crippen LogP contribution in [0.4, 0.5) is 0 Å². The van der Waals surface area contributed by atoms with Crippen LogP contribution in [0, 0.1) is 35.5 Å². The Kier molecular flexibility index (Phi) is 2.70. The van der Waals surface area contributed by atoms with E-state index in [4.69, 9.17) is 0 Å². The van der Waals surface area contributed by atoms with Gasteiger partial charge >= 0.3 is 0 Å². The van der Waals surface area contributed by atoms with Crippen molar-refractivity contribution >= 4 is 0 Å². The molecule has 0 unspecified atom stereocenters. The van der Waals surface area contributed by atoms with Crippen molar-refractivity contribution in [1.29, 1.82) is 0 Å². The monoisotopic (exact) mass is 178 g/mol. The number of allylic oxidation sites excluding steroid dienone is 8. The van der Waals surface area contributed by atoms with Crippen molar-refractivity contribution in [3.8, 4) is 23.7 Å². The highest BCUT2D eigenvalue weighted by molar-refractivity contribution is 5.35.